The van der Waals surface area contributed by atoms with E-state index in [9.17, 15) is 9.59 Å². The van der Waals surface area contributed by atoms with Gasteiger partial charge in [-0.15, -0.1) is 0 Å². The van der Waals surface area contributed by atoms with Gasteiger partial charge in [0.1, 0.15) is 6.54 Å². The van der Waals surface area contributed by atoms with E-state index in [0.717, 1.165) is 29.8 Å². The maximum atomic E-state index is 12.7. The number of fused-ring (bicyclic) bond motifs is 1. The molecule has 1 aliphatic carbocycles. The standard InChI is InChI=1S/C20H20N2O2/c23-19(13-10-15-6-2-1-3-7-15)21-14-20(24)22(16-11-12-16)18-9-5-4-8-17(18)21/h1-9,16H,10-14H2. The highest BCUT2D eigenvalue weighted by molar-refractivity contribution is 6.11. The van der Waals surface area contributed by atoms with Crippen LogP contribution in [0.25, 0.3) is 0 Å². The molecule has 2 aromatic carbocycles. The van der Waals surface area contributed by atoms with Crippen LogP contribution in [-0.4, -0.2) is 24.4 Å². The Kier molecular flexibility index (Phi) is 3.81. The van der Waals surface area contributed by atoms with Gasteiger partial charge in [-0.25, -0.2) is 0 Å². The lowest BCUT2D eigenvalue weighted by atomic mass is 10.1. The Morgan fingerprint density at radius 1 is 0.958 bits per heavy atom. The zero-order valence-corrected chi connectivity index (χ0v) is 13.5. The summed E-state index contributed by atoms with van der Waals surface area (Å²) in [7, 11) is 0. The Labute approximate surface area is 141 Å². The third-order valence-corrected chi connectivity index (χ3v) is 4.68. The molecule has 0 N–H and O–H groups in total. The lowest BCUT2D eigenvalue weighted by molar-refractivity contribution is -0.123. The molecule has 1 heterocycles. The summed E-state index contributed by atoms with van der Waals surface area (Å²) in [4.78, 5) is 28.8. The normalized spacial score (nSPS) is 16.9. The molecule has 1 fully saturated rings. The first-order valence-electron chi connectivity index (χ1n) is 8.49. The molecular weight excluding hydrogens is 300 g/mol. The molecule has 0 saturated heterocycles. The predicted molar refractivity (Wildman–Crippen MR) is 94.1 cm³/mol. The molecule has 2 aromatic rings. The van der Waals surface area contributed by atoms with Crippen molar-refractivity contribution in [2.75, 3.05) is 16.3 Å². The van der Waals surface area contributed by atoms with Crippen LogP contribution in [0, 0.1) is 0 Å². The van der Waals surface area contributed by atoms with Crippen molar-refractivity contribution in [3.63, 3.8) is 0 Å². The minimum absolute atomic E-state index is 0.00935. The Hall–Kier alpha value is -2.62. The van der Waals surface area contributed by atoms with Crippen LogP contribution >= 0.6 is 0 Å². The van der Waals surface area contributed by atoms with E-state index >= 15 is 0 Å². The molecule has 0 aromatic heterocycles. The van der Waals surface area contributed by atoms with Gasteiger partial charge < -0.3 is 9.80 Å². The van der Waals surface area contributed by atoms with Crippen LogP contribution in [0.2, 0.25) is 0 Å². The van der Waals surface area contributed by atoms with Gasteiger partial charge >= 0.3 is 0 Å². The van der Waals surface area contributed by atoms with Crippen molar-refractivity contribution in [1.82, 2.24) is 0 Å². The van der Waals surface area contributed by atoms with E-state index in [1.54, 1.807) is 4.90 Å². The van der Waals surface area contributed by atoms with Crippen molar-refractivity contribution >= 4 is 23.2 Å². The van der Waals surface area contributed by atoms with Gasteiger partial charge in [-0.1, -0.05) is 42.5 Å². The first kappa shape index (κ1) is 14.9. The third-order valence-electron chi connectivity index (χ3n) is 4.68. The SMILES string of the molecule is O=C(CCc1ccccc1)N1CC(=O)N(C2CC2)c2ccccc21. The number of nitrogens with zero attached hydrogens (tertiary/aromatic N) is 2. The number of aryl methyl sites for hydroxylation is 1. The highest BCUT2D eigenvalue weighted by atomic mass is 16.2. The second kappa shape index (κ2) is 6.11. The molecule has 2 aliphatic rings. The Bertz CT molecular complexity index is 768. The minimum atomic E-state index is 0.00935. The fourth-order valence-corrected chi connectivity index (χ4v) is 3.31. The van der Waals surface area contributed by atoms with Crippen molar-refractivity contribution in [3.8, 4) is 0 Å². The number of benzene rings is 2. The highest BCUT2D eigenvalue weighted by Gasteiger charge is 2.40. The van der Waals surface area contributed by atoms with Crippen molar-refractivity contribution in [1.29, 1.82) is 0 Å². The van der Waals surface area contributed by atoms with Crippen LogP contribution < -0.4 is 9.80 Å². The van der Waals surface area contributed by atoms with Crippen molar-refractivity contribution in [2.24, 2.45) is 0 Å². The van der Waals surface area contributed by atoms with Gasteiger partial charge in [-0.2, -0.15) is 0 Å². The summed E-state index contributed by atoms with van der Waals surface area (Å²) < 4.78 is 0. The summed E-state index contributed by atoms with van der Waals surface area (Å²) in [5.41, 5.74) is 2.88. The topological polar surface area (TPSA) is 40.6 Å². The lowest BCUT2D eigenvalue weighted by Gasteiger charge is -2.36. The molecule has 24 heavy (non-hydrogen) atoms. The maximum absolute atomic E-state index is 12.7. The van der Waals surface area contributed by atoms with Crippen molar-refractivity contribution in [3.05, 3.63) is 60.2 Å². The molecule has 4 rings (SSSR count). The summed E-state index contributed by atoms with van der Waals surface area (Å²) >= 11 is 0. The third kappa shape index (κ3) is 2.80. The first-order valence-corrected chi connectivity index (χ1v) is 8.49. The van der Waals surface area contributed by atoms with Gasteiger partial charge in [0, 0.05) is 12.5 Å². The van der Waals surface area contributed by atoms with Crippen molar-refractivity contribution in [2.45, 2.75) is 31.7 Å². The van der Waals surface area contributed by atoms with Crippen LogP contribution in [-0.2, 0) is 16.0 Å². The van der Waals surface area contributed by atoms with Crippen LogP contribution in [0.1, 0.15) is 24.8 Å². The second-order valence-corrected chi connectivity index (χ2v) is 6.45. The summed E-state index contributed by atoms with van der Waals surface area (Å²) in [5.74, 6) is 0.0411. The summed E-state index contributed by atoms with van der Waals surface area (Å²) in [5, 5.41) is 0. The van der Waals surface area contributed by atoms with Crippen LogP contribution in [0.3, 0.4) is 0 Å². The predicted octanol–water partition coefficient (Wildman–Crippen LogP) is 3.16. The zero-order valence-electron chi connectivity index (χ0n) is 13.5. The number of para-hydroxylation sites is 2. The average Bonchev–Trinajstić information content (AvgIpc) is 3.44. The Balaban J connectivity index is 1.55. The van der Waals surface area contributed by atoms with Gasteiger partial charge in [-0.05, 0) is 37.0 Å². The largest absolute Gasteiger partial charge is 0.306 e. The van der Waals surface area contributed by atoms with E-state index in [1.165, 1.54) is 0 Å². The fraction of sp³-hybridized carbons (Fsp3) is 0.300. The second-order valence-electron chi connectivity index (χ2n) is 6.45. The number of amides is 2. The molecule has 4 nitrogen and oxygen atoms in total. The van der Waals surface area contributed by atoms with Crippen LogP contribution in [0.15, 0.2) is 54.6 Å². The molecule has 1 aliphatic heterocycles. The molecule has 122 valence electrons. The molecule has 2 amide bonds. The summed E-state index contributed by atoms with van der Waals surface area (Å²) in [6.07, 6.45) is 3.22. The van der Waals surface area contributed by atoms with Crippen LogP contribution in [0.4, 0.5) is 11.4 Å². The fourth-order valence-electron chi connectivity index (χ4n) is 3.31. The first-order chi connectivity index (χ1) is 11.7. The van der Waals surface area contributed by atoms with Crippen LogP contribution in [0.5, 0.6) is 0 Å². The molecule has 0 unspecified atom stereocenters. The smallest absolute Gasteiger partial charge is 0.247 e. The van der Waals surface area contributed by atoms with Gasteiger partial charge in [-0.3, -0.25) is 9.59 Å². The van der Waals surface area contributed by atoms with E-state index in [-0.39, 0.29) is 18.4 Å². The zero-order chi connectivity index (χ0) is 16.5. The van der Waals surface area contributed by atoms with Gasteiger partial charge in [0.05, 0.1) is 11.4 Å². The van der Waals surface area contributed by atoms with E-state index < -0.39 is 0 Å². The maximum Gasteiger partial charge on any atom is 0.247 e. The molecule has 4 heteroatoms. The summed E-state index contributed by atoms with van der Waals surface area (Å²) in [6.45, 7) is 0.154. The van der Waals surface area contributed by atoms with E-state index in [4.69, 9.17) is 0 Å². The van der Waals surface area contributed by atoms with Gasteiger partial charge in [0.15, 0.2) is 0 Å². The van der Waals surface area contributed by atoms with Gasteiger partial charge in [0.25, 0.3) is 0 Å². The number of anilines is 2. The molecule has 0 spiro atoms. The minimum Gasteiger partial charge on any atom is -0.306 e. The highest BCUT2D eigenvalue weighted by Crippen LogP contribution is 2.40. The van der Waals surface area contributed by atoms with E-state index in [2.05, 4.69) is 0 Å². The number of hydrogen-bond donors (Lipinski definition) is 0. The molecule has 1 saturated carbocycles. The number of carbonyl (C=O) groups excluding carboxylic acids is 2. The van der Waals surface area contributed by atoms with E-state index in [1.807, 2.05) is 59.5 Å². The monoisotopic (exact) mass is 320 g/mol. The van der Waals surface area contributed by atoms with E-state index in [0.29, 0.717) is 18.9 Å². The Morgan fingerprint density at radius 3 is 2.33 bits per heavy atom. The summed E-state index contributed by atoms with van der Waals surface area (Å²) in [6, 6.07) is 18.0. The number of rotatable bonds is 4. The number of hydrogen-bond acceptors (Lipinski definition) is 2. The lowest BCUT2D eigenvalue weighted by Crippen LogP contribution is -2.49. The molecule has 0 atom stereocenters. The van der Waals surface area contributed by atoms with Crippen molar-refractivity contribution < 1.29 is 9.59 Å². The van der Waals surface area contributed by atoms with Gasteiger partial charge in [0.2, 0.25) is 11.8 Å². The average molecular weight is 320 g/mol. The molecule has 0 radical (unpaired) electrons. The quantitative estimate of drug-likeness (QED) is 0.868. The number of carbonyl (C=O) groups is 2. The molecule has 0 bridgehead atoms. The Morgan fingerprint density at radius 2 is 1.62 bits per heavy atom. The molecular formula is C20H20N2O2.